The van der Waals surface area contributed by atoms with Crippen LogP contribution < -0.4 is 5.32 Å². The van der Waals surface area contributed by atoms with Crippen molar-refractivity contribution in [2.75, 3.05) is 19.4 Å². The molecule has 0 bridgehead atoms. The Kier molecular flexibility index (Phi) is 3.90. The van der Waals surface area contributed by atoms with Crippen LogP contribution in [0, 0.1) is 5.92 Å². The van der Waals surface area contributed by atoms with Crippen LogP contribution in [0.1, 0.15) is 18.4 Å². The lowest BCUT2D eigenvalue weighted by atomic mass is 9.80. The van der Waals surface area contributed by atoms with Crippen LogP contribution in [0.2, 0.25) is 0 Å². The Morgan fingerprint density at radius 2 is 2.47 bits per heavy atom. The number of ether oxygens (including phenoxy) is 1. The molecule has 2 saturated heterocycles. The van der Waals surface area contributed by atoms with Crippen molar-refractivity contribution in [1.82, 2.24) is 10.3 Å². The molecule has 2 fully saturated rings. The first-order valence-corrected chi connectivity index (χ1v) is 8.91. The van der Waals surface area contributed by atoms with Crippen LogP contribution in [0.4, 0.5) is 0 Å². The fourth-order valence-corrected chi connectivity index (χ4v) is 5.32. The van der Waals surface area contributed by atoms with Gasteiger partial charge in [0, 0.05) is 24.1 Å². The second-order valence-electron chi connectivity index (χ2n) is 4.97. The zero-order valence-electron chi connectivity index (χ0n) is 10.9. The van der Waals surface area contributed by atoms with Gasteiger partial charge in [0.2, 0.25) is 0 Å². The zero-order valence-corrected chi connectivity index (χ0v) is 14.1. The van der Waals surface area contributed by atoms with Crippen molar-refractivity contribution in [3.63, 3.8) is 0 Å². The number of amidine groups is 1. The van der Waals surface area contributed by atoms with Crippen LogP contribution in [0.15, 0.2) is 15.0 Å². The summed E-state index contributed by atoms with van der Waals surface area (Å²) in [6, 6.07) is 0. The van der Waals surface area contributed by atoms with E-state index in [1.54, 1.807) is 23.1 Å². The van der Waals surface area contributed by atoms with Gasteiger partial charge in [0.15, 0.2) is 5.17 Å². The minimum absolute atomic E-state index is 0.205. The summed E-state index contributed by atoms with van der Waals surface area (Å²) >= 11 is 6.93. The number of hydrogen-bond donors (Lipinski definition) is 1. The first kappa shape index (κ1) is 13.9. The van der Waals surface area contributed by atoms with E-state index in [4.69, 9.17) is 4.74 Å². The Hall–Kier alpha value is -0.110. The lowest BCUT2D eigenvalue weighted by Gasteiger charge is -2.48. The summed E-state index contributed by atoms with van der Waals surface area (Å²) in [4.78, 5) is 8.94. The zero-order chi connectivity index (χ0) is 13.5. The highest BCUT2D eigenvalue weighted by atomic mass is 79.9. The number of aromatic nitrogens is 1. The average molecular weight is 362 g/mol. The molecule has 3 rings (SSSR count). The lowest BCUT2D eigenvalue weighted by Crippen LogP contribution is -2.60. The van der Waals surface area contributed by atoms with E-state index in [1.807, 2.05) is 12.4 Å². The highest BCUT2D eigenvalue weighted by Crippen LogP contribution is 2.44. The highest BCUT2D eigenvalue weighted by molar-refractivity contribution is 9.10. The van der Waals surface area contributed by atoms with Gasteiger partial charge in [0.25, 0.3) is 0 Å². The molecular weight excluding hydrogens is 346 g/mol. The summed E-state index contributed by atoms with van der Waals surface area (Å²) in [5, 5.41) is 7.70. The predicted octanol–water partition coefficient (Wildman–Crippen LogP) is 2.85. The number of fused-ring (bicyclic) bond motifs is 1. The molecule has 0 aromatic carbocycles. The maximum atomic E-state index is 5.93. The van der Waals surface area contributed by atoms with E-state index >= 15 is 0 Å². The van der Waals surface area contributed by atoms with E-state index in [2.05, 4.69) is 38.1 Å². The first-order valence-electron chi connectivity index (χ1n) is 6.25. The van der Waals surface area contributed by atoms with Gasteiger partial charge in [-0.1, -0.05) is 11.8 Å². The maximum Gasteiger partial charge on any atom is 0.157 e. The van der Waals surface area contributed by atoms with Crippen molar-refractivity contribution in [2.45, 2.75) is 25.0 Å². The van der Waals surface area contributed by atoms with E-state index in [1.165, 1.54) is 0 Å². The van der Waals surface area contributed by atoms with Gasteiger partial charge in [-0.3, -0.25) is 4.99 Å². The highest BCUT2D eigenvalue weighted by Gasteiger charge is 2.50. The van der Waals surface area contributed by atoms with Gasteiger partial charge in [0.1, 0.15) is 15.1 Å². The molecule has 3 atom stereocenters. The van der Waals surface area contributed by atoms with Crippen molar-refractivity contribution < 1.29 is 4.74 Å². The summed E-state index contributed by atoms with van der Waals surface area (Å²) < 4.78 is 6.83. The van der Waals surface area contributed by atoms with Crippen LogP contribution in [-0.4, -0.2) is 35.7 Å². The third kappa shape index (κ3) is 2.46. The third-order valence-electron chi connectivity index (χ3n) is 3.72. The largest absolute Gasteiger partial charge is 0.376 e. The molecule has 1 aromatic heterocycles. The van der Waals surface area contributed by atoms with Crippen LogP contribution in [-0.2, 0) is 10.3 Å². The predicted molar refractivity (Wildman–Crippen MR) is 84.0 cm³/mol. The van der Waals surface area contributed by atoms with Gasteiger partial charge in [-0.05, 0) is 29.3 Å². The molecule has 2 aliphatic heterocycles. The summed E-state index contributed by atoms with van der Waals surface area (Å²) in [6.07, 6.45) is 1.39. The Bertz CT molecular complexity index is 507. The Labute approximate surface area is 129 Å². The summed E-state index contributed by atoms with van der Waals surface area (Å²) in [5.74, 6) is 1.61. The molecule has 19 heavy (non-hydrogen) atoms. The molecule has 0 unspecified atom stereocenters. The molecule has 0 aliphatic carbocycles. The number of nitrogens with one attached hydrogen (secondary N) is 1. The van der Waals surface area contributed by atoms with Crippen molar-refractivity contribution in [2.24, 2.45) is 10.9 Å². The van der Waals surface area contributed by atoms with Crippen molar-refractivity contribution in [3.05, 3.63) is 15.0 Å². The molecule has 0 saturated carbocycles. The normalized spacial score (nSPS) is 36.9. The minimum atomic E-state index is -0.205. The van der Waals surface area contributed by atoms with Gasteiger partial charge in [0.05, 0.1) is 12.7 Å². The van der Waals surface area contributed by atoms with Crippen LogP contribution in [0.3, 0.4) is 0 Å². The van der Waals surface area contributed by atoms with Crippen LogP contribution >= 0.6 is 39.0 Å². The molecule has 0 spiro atoms. The summed E-state index contributed by atoms with van der Waals surface area (Å²) in [5.41, 5.74) is -0.205. The lowest BCUT2D eigenvalue weighted by molar-refractivity contribution is -0.0558. The fraction of sp³-hybridized carbons (Fsp3) is 0.667. The van der Waals surface area contributed by atoms with Gasteiger partial charge in [-0.15, -0.1) is 11.3 Å². The quantitative estimate of drug-likeness (QED) is 0.835. The number of halogens is 1. The first-order chi connectivity index (χ1) is 9.14. The van der Waals surface area contributed by atoms with Gasteiger partial charge in [-0.2, -0.15) is 0 Å². The molecule has 4 nitrogen and oxygen atoms in total. The van der Waals surface area contributed by atoms with Crippen LogP contribution in [0.25, 0.3) is 0 Å². The number of rotatable bonds is 1. The number of aliphatic imine (C=N–C) groups is 1. The Balaban J connectivity index is 2.00. The maximum absolute atomic E-state index is 5.93. The average Bonchev–Trinajstić information content (AvgIpc) is 2.85. The van der Waals surface area contributed by atoms with Crippen molar-refractivity contribution in [1.29, 1.82) is 0 Å². The molecule has 0 amide bonds. The Morgan fingerprint density at radius 1 is 1.63 bits per heavy atom. The van der Waals surface area contributed by atoms with Gasteiger partial charge < -0.3 is 10.1 Å². The van der Waals surface area contributed by atoms with E-state index in [0.717, 1.165) is 27.0 Å². The molecule has 104 valence electrons. The van der Waals surface area contributed by atoms with Crippen molar-refractivity contribution in [3.8, 4) is 0 Å². The van der Waals surface area contributed by atoms with E-state index < -0.39 is 0 Å². The second kappa shape index (κ2) is 5.35. The van der Waals surface area contributed by atoms with E-state index in [9.17, 15) is 0 Å². The Morgan fingerprint density at radius 3 is 3.16 bits per heavy atom. The molecule has 1 N–H and O–H groups in total. The van der Waals surface area contributed by atoms with Crippen LogP contribution in [0.5, 0.6) is 0 Å². The SMILES string of the molecule is CN=C1N[C@@]2(c3nc(Br)cs3)CO[C@@H](C)C[C@H]2CS1. The monoisotopic (exact) mass is 361 g/mol. The van der Waals surface area contributed by atoms with Gasteiger partial charge in [-0.25, -0.2) is 4.98 Å². The molecule has 3 heterocycles. The molecule has 1 aromatic rings. The minimum Gasteiger partial charge on any atom is -0.376 e. The third-order valence-corrected chi connectivity index (χ3v) is 6.58. The number of hydrogen-bond acceptors (Lipinski definition) is 5. The summed E-state index contributed by atoms with van der Waals surface area (Å²) in [6.45, 7) is 2.81. The van der Waals surface area contributed by atoms with E-state index in [-0.39, 0.29) is 5.54 Å². The standard InChI is InChI=1S/C12H16BrN3OS2/c1-7-3-8-4-19-11(14-2)16-12(8,6-17-7)10-15-9(13)5-18-10/h5,7-8H,3-4,6H2,1-2H3,(H,14,16)/t7-,8-,12-/m0/s1. The number of nitrogens with zero attached hydrogens (tertiary/aromatic N) is 2. The molecular formula is C12H16BrN3OS2. The number of thiazole rings is 1. The molecule has 2 aliphatic rings. The summed E-state index contributed by atoms with van der Waals surface area (Å²) in [7, 11) is 1.83. The topological polar surface area (TPSA) is 46.5 Å². The fourth-order valence-electron chi connectivity index (χ4n) is 2.69. The number of thioether (sulfide) groups is 1. The molecule has 7 heteroatoms. The van der Waals surface area contributed by atoms with Crippen molar-refractivity contribution >= 4 is 44.2 Å². The smallest absolute Gasteiger partial charge is 0.157 e. The second-order valence-corrected chi connectivity index (χ2v) is 7.65. The molecule has 0 radical (unpaired) electrons. The van der Waals surface area contributed by atoms with E-state index in [0.29, 0.717) is 18.6 Å². The van der Waals surface area contributed by atoms with Gasteiger partial charge >= 0.3 is 0 Å².